The molecule has 2 heterocycles. The number of benzene rings is 1. The van der Waals surface area contributed by atoms with Gasteiger partial charge in [0.25, 0.3) is 5.56 Å². The number of carbonyl (C=O) groups is 1. The predicted molar refractivity (Wildman–Crippen MR) is 114 cm³/mol. The monoisotopic (exact) mass is 412 g/mol. The van der Waals surface area contributed by atoms with E-state index >= 15 is 0 Å². The Morgan fingerprint density at radius 1 is 1.13 bits per heavy atom. The standard InChI is InChI=1S/C21H24N4O5/c1-11-9-12(2)22-18-17(11)20(27)25(21(28)24(18)4)13(3)19(26)23-15-10-14(29-5)7-8-16(15)30-6/h7-10,13H,1-6H3,(H,23,26)/t13-/m1/s1. The summed E-state index contributed by atoms with van der Waals surface area (Å²) in [6, 6.07) is 5.64. The van der Waals surface area contributed by atoms with Crippen LogP contribution in [0.15, 0.2) is 33.9 Å². The molecule has 0 fully saturated rings. The first-order valence-electron chi connectivity index (χ1n) is 9.32. The normalized spacial score (nSPS) is 11.9. The highest BCUT2D eigenvalue weighted by molar-refractivity contribution is 5.95. The van der Waals surface area contributed by atoms with Crippen LogP contribution in [0.2, 0.25) is 0 Å². The second kappa shape index (κ2) is 8.02. The van der Waals surface area contributed by atoms with Crippen molar-refractivity contribution in [3.63, 3.8) is 0 Å². The van der Waals surface area contributed by atoms with Crippen LogP contribution >= 0.6 is 0 Å². The molecule has 0 aliphatic carbocycles. The van der Waals surface area contributed by atoms with Crippen molar-refractivity contribution in [1.29, 1.82) is 0 Å². The van der Waals surface area contributed by atoms with E-state index in [4.69, 9.17) is 9.47 Å². The number of aryl methyl sites for hydroxylation is 3. The highest BCUT2D eigenvalue weighted by Gasteiger charge is 2.24. The van der Waals surface area contributed by atoms with Crippen molar-refractivity contribution in [3.05, 3.63) is 56.4 Å². The summed E-state index contributed by atoms with van der Waals surface area (Å²) in [5, 5.41) is 3.02. The lowest BCUT2D eigenvalue weighted by Gasteiger charge is -2.18. The molecule has 9 nitrogen and oxygen atoms in total. The summed E-state index contributed by atoms with van der Waals surface area (Å²) < 4.78 is 12.7. The van der Waals surface area contributed by atoms with Crippen LogP contribution in [0, 0.1) is 13.8 Å². The third-order valence-electron chi connectivity index (χ3n) is 5.00. The molecule has 0 saturated heterocycles. The van der Waals surface area contributed by atoms with Gasteiger partial charge in [-0.25, -0.2) is 14.3 Å². The number of anilines is 1. The Bertz CT molecular complexity index is 1260. The average molecular weight is 412 g/mol. The van der Waals surface area contributed by atoms with Crippen LogP contribution in [-0.2, 0) is 11.8 Å². The minimum Gasteiger partial charge on any atom is -0.497 e. The second-order valence-electron chi connectivity index (χ2n) is 7.03. The molecule has 1 atom stereocenters. The van der Waals surface area contributed by atoms with E-state index in [2.05, 4.69) is 10.3 Å². The Labute approximate surface area is 172 Å². The van der Waals surface area contributed by atoms with Gasteiger partial charge in [0.1, 0.15) is 23.2 Å². The molecule has 0 radical (unpaired) electrons. The van der Waals surface area contributed by atoms with E-state index in [-0.39, 0.29) is 0 Å². The highest BCUT2D eigenvalue weighted by Crippen LogP contribution is 2.29. The summed E-state index contributed by atoms with van der Waals surface area (Å²) in [6.45, 7) is 5.06. The number of aromatic nitrogens is 3. The van der Waals surface area contributed by atoms with Gasteiger partial charge in [0, 0.05) is 18.8 Å². The Balaban J connectivity index is 2.10. The number of ether oxygens (including phenoxy) is 2. The van der Waals surface area contributed by atoms with Crippen molar-refractivity contribution in [1.82, 2.24) is 14.1 Å². The van der Waals surface area contributed by atoms with Gasteiger partial charge in [-0.2, -0.15) is 0 Å². The quantitative estimate of drug-likeness (QED) is 0.687. The molecule has 158 valence electrons. The van der Waals surface area contributed by atoms with Crippen molar-refractivity contribution in [2.75, 3.05) is 19.5 Å². The van der Waals surface area contributed by atoms with Crippen LogP contribution < -0.4 is 26.0 Å². The average Bonchev–Trinajstić information content (AvgIpc) is 2.71. The molecular weight excluding hydrogens is 388 g/mol. The molecule has 3 rings (SSSR count). The van der Waals surface area contributed by atoms with Crippen LogP contribution in [-0.4, -0.2) is 34.2 Å². The molecule has 1 aromatic carbocycles. The molecule has 0 bridgehead atoms. The first-order valence-corrected chi connectivity index (χ1v) is 9.32. The molecule has 0 aliphatic rings. The van der Waals surface area contributed by atoms with Crippen LogP contribution in [0.5, 0.6) is 11.5 Å². The summed E-state index contributed by atoms with van der Waals surface area (Å²) in [6.07, 6.45) is 0. The van der Waals surface area contributed by atoms with E-state index in [0.717, 1.165) is 4.57 Å². The predicted octanol–water partition coefficient (Wildman–Crippen LogP) is 1.93. The molecule has 3 aromatic rings. The van der Waals surface area contributed by atoms with Crippen molar-refractivity contribution in [2.45, 2.75) is 26.8 Å². The lowest BCUT2D eigenvalue weighted by atomic mass is 10.1. The highest BCUT2D eigenvalue weighted by atomic mass is 16.5. The zero-order valence-corrected chi connectivity index (χ0v) is 17.8. The summed E-state index contributed by atoms with van der Waals surface area (Å²) >= 11 is 0. The van der Waals surface area contributed by atoms with Gasteiger partial charge in [-0.3, -0.25) is 14.2 Å². The van der Waals surface area contributed by atoms with E-state index < -0.39 is 23.2 Å². The van der Waals surface area contributed by atoms with Gasteiger partial charge in [0.15, 0.2) is 0 Å². The number of nitrogens with zero attached hydrogens (tertiary/aromatic N) is 3. The molecule has 1 amide bonds. The molecule has 30 heavy (non-hydrogen) atoms. The van der Waals surface area contributed by atoms with E-state index in [9.17, 15) is 14.4 Å². The van der Waals surface area contributed by atoms with Gasteiger partial charge in [-0.15, -0.1) is 0 Å². The Morgan fingerprint density at radius 2 is 1.83 bits per heavy atom. The number of hydrogen-bond donors (Lipinski definition) is 1. The number of hydrogen-bond acceptors (Lipinski definition) is 6. The second-order valence-corrected chi connectivity index (χ2v) is 7.03. The van der Waals surface area contributed by atoms with E-state index in [1.807, 2.05) is 0 Å². The van der Waals surface area contributed by atoms with Crippen LogP contribution in [0.4, 0.5) is 5.69 Å². The third-order valence-corrected chi connectivity index (χ3v) is 5.00. The fourth-order valence-corrected chi connectivity index (χ4v) is 3.39. The molecule has 1 N–H and O–H groups in total. The topological polar surface area (TPSA) is 104 Å². The van der Waals surface area contributed by atoms with Gasteiger partial charge in [0.2, 0.25) is 5.91 Å². The van der Waals surface area contributed by atoms with Gasteiger partial charge < -0.3 is 14.8 Å². The number of fused-ring (bicyclic) bond motifs is 1. The Morgan fingerprint density at radius 3 is 2.47 bits per heavy atom. The molecule has 0 spiro atoms. The van der Waals surface area contributed by atoms with E-state index in [0.29, 0.717) is 39.5 Å². The summed E-state index contributed by atoms with van der Waals surface area (Å²) in [5.74, 6) is 0.401. The van der Waals surface area contributed by atoms with E-state index in [1.54, 1.807) is 38.1 Å². The summed E-state index contributed by atoms with van der Waals surface area (Å²) in [5.41, 5.74) is 0.870. The maximum Gasteiger partial charge on any atom is 0.333 e. The van der Waals surface area contributed by atoms with E-state index in [1.165, 1.54) is 32.8 Å². The fraction of sp³-hybridized carbons (Fsp3) is 0.333. The molecular formula is C21H24N4O5. The number of rotatable bonds is 5. The number of pyridine rings is 1. The minimum atomic E-state index is -1.07. The maximum absolute atomic E-state index is 13.1. The zero-order valence-electron chi connectivity index (χ0n) is 17.8. The van der Waals surface area contributed by atoms with Crippen molar-refractivity contribution >= 4 is 22.6 Å². The summed E-state index contributed by atoms with van der Waals surface area (Å²) in [4.78, 5) is 43.3. The largest absolute Gasteiger partial charge is 0.497 e. The summed E-state index contributed by atoms with van der Waals surface area (Å²) in [7, 11) is 4.51. The number of methoxy groups -OCH3 is 2. The molecule has 0 saturated carbocycles. The van der Waals surface area contributed by atoms with Crippen LogP contribution in [0.3, 0.4) is 0 Å². The number of carbonyl (C=O) groups excluding carboxylic acids is 1. The van der Waals surface area contributed by atoms with Gasteiger partial charge in [-0.05, 0) is 44.5 Å². The molecule has 0 aliphatic heterocycles. The van der Waals surface area contributed by atoms with Gasteiger partial charge in [-0.1, -0.05) is 0 Å². The lowest BCUT2D eigenvalue weighted by molar-refractivity contribution is -0.119. The molecule has 2 aromatic heterocycles. The molecule has 9 heteroatoms. The SMILES string of the molecule is COc1ccc(OC)c(NC(=O)[C@@H](C)n2c(=O)c3c(C)cc(C)nc3n(C)c2=O)c1. The maximum atomic E-state index is 13.1. The van der Waals surface area contributed by atoms with Gasteiger partial charge in [0.05, 0.1) is 25.3 Å². The lowest BCUT2D eigenvalue weighted by Crippen LogP contribution is -2.44. The first-order chi connectivity index (χ1) is 14.2. The minimum absolute atomic E-state index is 0.292. The van der Waals surface area contributed by atoms with Crippen LogP contribution in [0.25, 0.3) is 11.0 Å². The zero-order chi connectivity index (χ0) is 22.2. The fourth-order valence-electron chi connectivity index (χ4n) is 3.39. The van der Waals surface area contributed by atoms with Crippen molar-refractivity contribution in [2.24, 2.45) is 7.05 Å². The number of amides is 1. The third kappa shape index (κ3) is 3.54. The number of nitrogens with one attached hydrogen (secondary N) is 1. The molecule has 0 unspecified atom stereocenters. The van der Waals surface area contributed by atoms with Crippen molar-refractivity contribution < 1.29 is 14.3 Å². The Hall–Kier alpha value is -3.62. The smallest absolute Gasteiger partial charge is 0.333 e. The van der Waals surface area contributed by atoms with Gasteiger partial charge >= 0.3 is 5.69 Å². The van der Waals surface area contributed by atoms with Crippen molar-refractivity contribution in [3.8, 4) is 11.5 Å². The Kier molecular flexibility index (Phi) is 5.64. The van der Waals surface area contributed by atoms with Crippen LogP contribution in [0.1, 0.15) is 24.2 Å². The first kappa shape index (κ1) is 21.1.